The van der Waals surface area contributed by atoms with Gasteiger partial charge < -0.3 is 9.47 Å². The van der Waals surface area contributed by atoms with Gasteiger partial charge in [0, 0.05) is 6.54 Å². The largest absolute Gasteiger partial charge is 0.489 e. The van der Waals surface area contributed by atoms with Gasteiger partial charge in [-0.1, -0.05) is 103 Å². The average molecular weight is 568 g/mol. The molecule has 43 heavy (non-hydrogen) atoms. The van der Waals surface area contributed by atoms with Gasteiger partial charge in [-0.25, -0.2) is 5.01 Å². The number of nitrogens with zero attached hydrogens (tertiary/aromatic N) is 3. The van der Waals surface area contributed by atoms with Gasteiger partial charge in [-0.05, 0) is 64.2 Å². The van der Waals surface area contributed by atoms with E-state index in [9.17, 15) is 4.79 Å². The van der Waals surface area contributed by atoms with Crippen molar-refractivity contribution >= 4 is 12.1 Å². The highest BCUT2D eigenvalue weighted by atomic mass is 16.5. The molecule has 0 aliphatic carbocycles. The van der Waals surface area contributed by atoms with Gasteiger partial charge >= 0.3 is 0 Å². The molecule has 0 radical (unpaired) electrons. The first-order valence-corrected chi connectivity index (χ1v) is 14.4. The molecule has 1 atom stereocenters. The van der Waals surface area contributed by atoms with Gasteiger partial charge in [0.2, 0.25) is 0 Å². The van der Waals surface area contributed by atoms with Crippen LogP contribution >= 0.6 is 0 Å². The van der Waals surface area contributed by atoms with Gasteiger partial charge in [-0.3, -0.25) is 9.69 Å². The van der Waals surface area contributed by atoms with E-state index in [1.807, 2.05) is 127 Å². The van der Waals surface area contributed by atoms with Crippen LogP contribution in [0.4, 0.5) is 0 Å². The molecule has 1 saturated heterocycles. The molecular formula is C37H33N3O3. The lowest BCUT2D eigenvalue weighted by atomic mass is 10.1. The summed E-state index contributed by atoms with van der Waals surface area (Å²) in [5.41, 5.74) is 5.21. The molecule has 0 aromatic heterocycles. The van der Waals surface area contributed by atoms with E-state index >= 15 is 0 Å². The second-order valence-corrected chi connectivity index (χ2v) is 10.4. The summed E-state index contributed by atoms with van der Waals surface area (Å²) >= 11 is 0. The SMILES string of the molecule is O=C1CN(Cc2ccccc2)C(c2ccc(OCc3ccccc3)cc2)N1/N=C/c1ccc(OCc2ccccc2)cc1. The number of hydrazone groups is 1. The highest BCUT2D eigenvalue weighted by Gasteiger charge is 2.39. The van der Waals surface area contributed by atoms with Gasteiger partial charge in [0.05, 0.1) is 12.8 Å². The van der Waals surface area contributed by atoms with E-state index in [1.54, 1.807) is 11.2 Å². The summed E-state index contributed by atoms with van der Waals surface area (Å²) < 4.78 is 11.9. The lowest BCUT2D eigenvalue weighted by Gasteiger charge is -2.27. The highest BCUT2D eigenvalue weighted by Crippen LogP contribution is 2.33. The molecule has 1 aliphatic heterocycles. The van der Waals surface area contributed by atoms with Crippen LogP contribution in [0.3, 0.4) is 0 Å². The Kier molecular flexibility index (Phi) is 8.87. The van der Waals surface area contributed by atoms with Crippen molar-refractivity contribution < 1.29 is 14.3 Å². The first kappa shape index (κ1) is 27.9. The van der Waals surface area contributed by atoms with Gasteiger partial charge in [0.15, 0.2) is 0 Å². The summed E-state index contributed by atoms with van der Waals surface area (Å²) in [6, 6.07) is 46.0. The zero-order valence-electron chi connectivity index (χ0n) is 23.8. The van der Waals surface area contributed by atoms with Gasteiger partial charge in [0.1, 0.15) is 30.9 Å². The van der Waals surface area contributed by atoms with Crippen LogP contribution in [-0.4, -0.2) is 28.6 Å². The van der Waals surface area contributed by atoms with Crippen molar-refractivity contribution in [3.05, 3.63) is 167 Å². The van der Waals surface area contributed by atoms with E-state index in [0.29, 0.717) is 19.8 Å². The van der Waals surface area contributed by atoms with Crippen molar-refractivity contribution in [1.82, 2.24) is 9.91 Å². The molecule has 0 saturated carbocycles. The third-order valence-corrected chi connectivity index (χ3v) is 7.29. The molecule has 1 unspecified atom stereocenters. The quantitative estimate of drug-likeness (QED) is 0.158. The van der Waals surface area contributed by atoms with Crippen molar-refractivity contribution in [2.45, 2.75) is 25.9 Å². The number of amides is 1. The molecule has 5 aromatic rings. The van der Waals surface area contributed by atoms with E-state index in [-0.39, 0.29) is 18.6 Å². The summed E-state index contributed by atoms with van der Waals surface area (Å²) in [5, 5.41) is 6.28. The normalized spacial score (nSPS) is 15.2. The Morgan fingerprint density at radius 3 is 1.65 bits per heavy atom. The van der Waals surface area contributed by atoms with Crippen LogP contribution in [-0.2, 0) is 24.6 Å². The summed E-state index contributed by atoms with van der Waals surface area (Å²) in [5.74, 6) is 1.50. The third kappa shape index (κ3) is 7.36. The summed E-state index contributed by atoms with van der Waals surface area (Å²) in [4.78, 5) is 15.5. The van der Waals surface area contributed by atoms with Gasteiger partial charge in [-0.2, -0.15) is 5.10 Å². The zero-order valence-corrected chi connectivity index (χ0v) is 23.8. The number of ether oxygens (including phenoxy) is 2. The Balaban J connectivity index is 1.18. The summed E-state index contributed by atoms with van der Waals surface area (Å²) in [6.07, 6.45) is 1.38. The Morgan fingerprint density at radius 2 is 1.12 bits per heavy atom. The maximum absolute atomic E-state index is 13.3. The molecule has 1 heterocycles. The monoisotopic (exact) mass is 567 g/mol. The molecule has 1 fully saturated rings. The van der Waals surface area contributed by atoms with Crippen LogP contribution in [0.15, 0.2) is 145 Å². The van der Waals surface area contributed by atoms with Crippen LogP contribution in [0, 0.1) is 0 Å². The fraction of sp³-hybridized carbons (Fsp3) is 0.135. The van der Waals surface area contributed by atoms with Crippen molar-refractivity contribution in [3.8, 4) is 11.5 Å². The number of benzene rings is 5. The Labute approximate surface area is 252 Å². The number of hydrogen-bond donors (Lipinski definition) is 0. The standard InChI is InChI=1S/C37H33N3O3/c41-36-26-39(25-30-10-4-1-5-11-30)37(33-18-22-35(23-19-33)43-28-32-14-8-3-9-15-32)40(36)38-24-29-16-20-34(21-17-29)42-27-31-12-6-2-7-13-31/h1-24,37H,25-28H2/b38-24+. The van der Waals surface area contributed by atoms with Gasteiger partial charge in [0.25, 0.3) is 5.91 Å². The molecule has 214 valence electrons. The fourth-order valence-corrected chi connectivity index (χ4v) is 5.06. The molecule has 0 bridgehead atoms. The molecule has 6 nitrogen and oxygen atoms in total. The maximum atomic E-state index is 13.3. The van der Waals surface area contributed by atoms with Crippen LogP contribution in [0.25, 0.3) is 0 Å². The first-order valence-electron chi connectivity index (χ1n) is 14.4. The highest BCUT2D eigenvalue weighted by molar-refractivity contribution is 5.84. The molecule has 0 spiro atoms. The van der Waals surface area contributed by atoms with Crippen LogP contribution in [0.5, 0.6) is 11.5 Å². The molecular weight excluding hydrogens is 534 g/mol. The van der Waals surface area contributed by atoms with Crippen molar-refractivity contribution in [1.29, 1.82) is 0 Å². The summed E-state index contributed by atoms with van der Waals surface area (Å²) in [6.45, 7) is 1.90. The second kappa shape index (κ2) is 13.6. The maximum Gasteiger partial charge on any atom is 0.258 e. The number of carbonyl (C=O) groups is 1. The number of rotatable bonds is 11. The van der Waals surface area contributed by atoms with Crippen molar-refractivity contribution in [2.24, 2.45) is 5.10 Å². The lowest BCUT2D eigenvalue weighted by molar-refractivity contribution is -0.128. The molecule has 1 amide bonds. The predicted molar refractivity (Wildman–Crippen MR) is 168 cm³/mol. The summed E-state index contributed by atoms with van der Waals surface area (Å²) in [7, 11) is 0. The van der Waals surface area contributed by atoms with Gasteiger partial charge in [-0.15, -0.1) is 0 Å². The first-order chi connectivity index (χ1) is 21.2. The smallest absolute Gasteiger partial charge is 0.258 e. The third-order valence-electron chi connectivity index (χ3n) is 7.29. The topological polar surface area (TPSA) is 54.4 Å². The minimum Gasteiger partial charge on any atom is -0.489 e. The van der Waals surface area contributed by atoms with E-state index in [0.717, 1.165) is 39.3 Å². The van der Waals surface area contributed by atoms with Crippen LogP contribution in [0.2, 0.25) is 0 Å². The van der Waals surface area contributed by atoms with E-state index in [4.69, 9.17) is 14.6 Å². The van der Waals surface area contributed by atoms with E-state index in [2.05, 4.69) is 17.0 Å². The molecule has 6 heteroatoms. The minimum atomic E-state index is -0.347. The minimum absolute atomic E-state index is 0.0515. The Bertz CT molecular complexity index is 1620. The molecule has 1 aliphatic rings. The van der Waals surface area contributed by atoms with Crippen molar-refractivity contribution in [3.63, 3.8) is 0 Å². The lowest BCUT2D eigenvalue weighted by Crippen LogP contribution is -2.28. The number of carbonyl (C=O) groups excluding carboxylic acids is 1. The van der Waals surface area contributed by atoms with E-state index in [1.165, 1.54) is 0 Å². The van der Waals surface area contributed by atoms with Crippen LogP contribution < -0.4 is 9.47 Å². The molecule has 0 N–H and O–H groups in total. The average Bonchev–Trinajstić information content (AvgIpc) is 3.37. The van der Waals surface area contributed by atoms with E-state index < -0.39 is 0 Å². The Morgan fingerprint density at radius 1 is 0.628 bits per heavy atom. The van der Waals surface area contributed by atoms with Crippen LogP contribution in [0.1, 0.15) is 34.0 Å². The Hall–Kier alpha value is -5.20. The zero-order chi connectivity index (χ0) is 29.3. The predicted octanol–water partition coefficient (Wildman–Crippen LogP) is 7.22. The fourth-order valence-electron chi connectivity index (χ4n) is 5.06. The molecule has 6 rings (SSSR count). The number of hydrogen-bond acceptors (Lipinski definition) is 5. The second-order valence-electron chi connectivity index (χ2n) is 10.4. The molecule has 5 aromatic carbocycles. The van der Waals surface area contributed by atoms with Crippen molar-refractivity contribution in [2.75, 3.05) is 6.54 Å².